The monoisotopic (exact) mass is 404 g/mol. The van der Waals surface area contributed by atoms with Gasteiger partial charge in [-0.05, 0) is 17.7 Å². The number of hydrogen-bond donors (Lipinski definition) is 0. The molecule has 28 heavy (non-hydrogen) atoms. The summed E-state index contributed by atoms with van der Waals surface area (Å²) in [6.45, 7) is 0. The number of benzene rings is 1. The van der Waals surface area contributed by atoms with Gasteiger partial charge in [-0.3, -0.25) is 0 Å². The number of esters is 2. The van der Waals surface area contributed by atoms with Gasteiger partial charge in [-0.1, -0.05) is 23.7 Å². The number of nitrogens with zero attached hydrogens (tertiary/aromatic N) is 2. The van der Waals surface area contributed by atoms with Crippen LogP contribution in [0.1, 0.15) is 11.5 Å². The Bertz CT molecular complexity index is 909. The molecule has 146 valence electrons. The van der Waals surface area contributed by atoms with Gasteiger partial charge in [0.25, 0.3) is 0 Å². The van der Waals surface area contributed by atoms with Crippen LogP contribution < -0.4 is 0 Å². The van der Waals surface area contributed by atoms with Crippen LogP contribution in [-0.2, 0) is 28.5 Å². The summed E-state index contributed by atoms with van der Waals surface area (Å²) in [6.07, 6.45) is 0. The van der Waals surface area contributed by atoms with Crippen molar-refractivity contribution in [3.05, 3.63) is 46.0 Å². The normalized spacial score (nSPS) is 19.5. The standard InChI is InChI=1S/C19H17ClN2O6/c1-25-16(23)13-14(11-6-5-7-12(20)8-11)18(9-21,10-22)19(27-3,28-4)15(13)17(24)26-2/h5-8,14H,1-4H3. The summed E-state index contributed by atoms with van der Waals surface area (Å²) in [5.74, 6) is -5.40. The number of hydrogen-bond acceptors (Lipinski definition) is 8. The number of ether oxygens (including phenoxy) is 4. The topological polar surface area (TPSA) is 119 Å². The summed E-state index contributed by atoms with van der Waals surface area (Å²) in [5, 5.41) is 20.4. The molecule has 0 saturated heterocycles. The Balaban J connectivity index is 3.06. The fourth-order valence-corrected chi connectivity index (χ4v) is 3.81. The lowest BCUT2D eigenvalue weighted by atomic mass is 9.70. The molecule has 1 aromatic carbocycles. The van der Waals surface area contributed by atoms with Crippen molar-refractivity contribution in [3.8, 4) is 12.1 Å². The number of nitriles is 2. The fraction of sp³-hybridized carbons (Fsp3) is 0.368. The van der Waals surface area contributed by atoms with E-state index in [-0.39, 0.29) is 5.57 Å². The van der Waals surface area contributed by atoms with Gasteiger partial charge >= 0.3 is 11.9 Å². The van der Waals surface area contributed by atoms with Crippen molar-refractivity contribution >= 4 is 23.5 Å². The number of halogens is 1. The molecule has 0 aromatic heterocycles. The van der Waals surface area contributed by atoms with Gasteiger partial charge in [0.2, 0.25) is 11.2 Å². The van der Waals surface area contributed by atoms with E-state index < -0.39 is 34.6 Å². The molecule has 0 amide bonds. The zero-order chi connectivity index (χ0) is 21.1. The summed E-state index contributed by atoms with van der Waals surface area (Å²) in [6, 6.07) is 10.0. The average molecular weight is 405 g/mol. The van der Waals surface area contributed by atoms with Gasteiger partial charge in [0.15, 0.2) is 0 Å². The molecule has 0 heterocycles. The van der Waals surface area contributed by atoms with Crippen molar-refractivity contribution in [3.63, 3.8) is 0 Å². The predicted octanol–water partition coefficient (Wildman–Crippen LogP) is 2.10. The molecule has 1 atom stereocenters. The molecule has 0 fully saturated rings. The highest BCUT2D eigenvalue weighted by Gasteiger charge is 2.71. The highest BCUT2D eigenvalue weighted by Crippen LogP contribution is 2.60. The predicted molar refractivity (Wildman–Crippen MR) is 95.7 cm³/mol. The molecule has 1 aromatic rings. The van der Waals surface area contributed by atoms with E-state index >= 15 is 0 Å². The van der Waals surface area contributed by atoms with E-state index in [1.807, 2.05) is 12.1 Å². The zero-order valence-electron chi connectivity index (χ0n) is 15.6. The van der Waals surface area contributed by atoms with Crippen LogP contribution in [0.3, 0.4) is 0 Å². The molecule has 2 rings (SSSR count). The van der Waals surface area contributed by atoms with Crippen LogP contribution in [0.5, 0.6) is 0 Å². The number of rotatable bonds is 5. The van der Waals surface area contributed by atoms with Crippen molar-refractivity contribution in [1.29, 1.82) is 10.5 Å². The first-order chi connectivity index (χ1) is 13.3. The third kappa shape index (κ3) is 2.74. The van der Waals surface area contributed by atoms with Crippen LogP contribution in [0.4, 0.5) is 0 Å². The molecular weight excluding hydrogens is 388 g/mol. The molecule has 1 unspecified atom stereocenters. The molecule has 0 aliphatic heterocycles. The average Bonchev–Trinajstić information content (AvgIpc) is 2.99. The number of carbonyl (C=O) groups excluding carboxylic acids is 2. The van der Waals surface area contributed by atoms with Crippen molar-refractivity contribution in [2.45, 2.75) is 11.7 Å². The van der Waals surface area contributed by atoms with Crippen LogP contribution in [0, 0.1) is 28.1 Å². The van der Waals surface area contributed by atoms with Crippen molar-refractivity contribution in [2.24, 2.45) is 5.41 Å². The van der Waals surface area contributed by atoms with E-state index in [1.165, 1.54) is 6.07 Å². The van der Waals surface area contributed by atoms with Crippen LogP contribution in [0.15, 0.2) is 35.4 Å². The third-order valence-electron chi connectivity index (χ3n) is 4.74. The van der Waals surface area contributed by atoms with E-state index in [0.29, 0.717) is 10.6 Å². The minimum Gasteiger partial charge on any atom is -0.466 e. The molecular formula is C19H17ClN2O6. The van der Waals surface area contributed by atoms with E-state index in [4.69, 9.17) is 30.5 Å². The van der Waals surface area contributed by atoms with Crippen LogP contribution >= 0.6 is 11.6 Å². The lowest BCUT2D eigenvalue weighted by Gasteiger charge is -2.38. The van der Waals surface area contributed by atoms with Gasteiger partial charge in [-0.15, -0.1) is 0 Å². The first-order valence-corrected chi connectivity index (χ1v) is 8.31. The van der Waals surface area contributed by atoms with E-state index in [2.05, 4.69) is 0 Å². The van der Waals surface area contributed by atoms with Crippen LogP contribution in [0.2, 0.25) is 5.02 Å². The Morgan fingerprint density at radius 2 is 1.61 bits per heavy atom. The Kier molecular flexibility index (Phi) is 6.10. The van der Waals surface area contributed by atoms with Crippen molar-refractivity contribution < 1.29 is 28.5 Å². The summed E-state index contributed by atoms with van der Waals surface area (Å²) in [7, 11) is 4.52. The Morgan fingerprint density at radius 1 is 1.04 bits per heavy atom. The van der Waals surface area contributed by atoms with Gasteiger partial charge in [0.1, 0.15) is 5.57 Å². The van der Waals surface area contributed by atoms with Crippen molar-refractivity contribution in [2.75, 3.05) is 28.4 Å². The second-order valence-corrected chi connectivity index (χ2v) is 6.25. The first kappa shape index (κ1) is 21.4. The third-order valence-corrected chi connectivity index (χ3v) is 4.98. The number of carbonyl (C=O) groups is 2. The molecule has 1 aliphatic carbocycles. The molecule has 0 spiro atoms. The molecule has 0 N–H and O–H groups in total. The Labute approximate surface area is 166 Å². The molecule has 8 nitrogen and oxygen atoms in total. The summed E-state index contributed by atoms with van der Waals surface area (Å²) in [5.41, 5.74) is -2.52. The van der Waals surface area contributed by atoms with Gasteiger partial charge < -0.3 is 18.9 Å². The Hall–Kier alpha value is -2.91. The molecule has 0 bridgehead atoms. The minimum absolute atomic E-state index is 0.275. The molecule has 0 saturated carbocycles. The minimum atomic E-state index is -2.21. The highest BCUT2D eigenvalue weighted by atomic mass is 35.5. The summed E-state index contributed by atoms with van der Waals surface area (Å²) >= 11 is 6.08. The zero-order valence-corrected chi connectivity index (χ0v) is 16.4. The SMILES string of the molecule is COC(=O)C1=C(C(=O)OC)C(OC)(OC)C(C#N)(C#N)C1c1cccc(Cl)c1. The maximum atomic E-state index is 12.7. The van der Waals surface area contributed by atoms with Gasteiger partial charge in [0, 0.05) is 19.2 Å². The molecule has 9 heteroatoms. The largest absolute Gasteiger partial charge is 0.466 e. The summed E-state index contributed by atoms with van der Waals surface area (Å²) < 4.78 is 20.5. The van der Waals surface area contributed by atoms with E-state index in [0.717, 1.165) is 28.4 Å². The van der Waals surface area contributed by atoms with Gasteiger partial charge in [0.05, 0.1) is 37.8 Å². The maximum Gasteiger partial charge on any atom is 0.339 e. The molecule has 1 aliphatic rings. The second-order valence-electron chi connectivity index (χ2n) is 5.82. The first-order valence-electron chi connectivity index (χ1n) is 7.93. The van der Waals surface area contributed by atoms with E-state index in [9.17, 15) is 20.1 Å². The van der Waals surface area contributed by atoms with Gasteiger partial charge in [-0.25, -0.2) is 9.59 Å². The quantitative estimate of drug-likeness (QED) is 0.540. The smallest absolute Gasteiger partial charge is 0.339 e. The van der Waals surface area contributed by atoms with Crippen molar-refractivity contribution in [1.82, 2.24) is 0 Å². The second kappa shape index (κ2) is 7.99. The number of methoxy groups -OCH3 is 4. The highest BCUT2D eigenvalue weighted by molar-refractivity contribution is 6.30. The lowest BCUT2D eigenvalue weighted by molar-refractivity contribution is -0.218. The Morgan fingerprint density at radius 3 is 2.04 bits per heavy atom. The fourth-order valence-electron chi connectivity index (χ4n) is 3.62. The maximum absolute atomic E-state index is 12.7. The lowest BCUT2D eigenvalue weighted by Crippen LogP contribution is -2.52. The van der Waals surface area contributed by atoms with Gasteiger partial charge in [-0.2, -0.15) is 10.5 Å². The van der Waals surface area contributed by atoms with E-state index in [1.54, 1.807) is 18.2 Å². The van der Waals surface area contributed by atoms with Crippen LogP contribution in [-0.4, -0.2) is 46.2 Å². The molecule has 0 radical (unpaired) electrons. The van der Waals surface area contributed by atoms with Crippen LogP contribution in [0.25, 0.3) is 0 Å². The summed E-state index contributed by atoms with van der Waals surface area (Å²) in [4.78, 5) is 25.4.